The zero-order valence-electron chi connectivity index (χ0n) is 16.1. The number of nitrogens with zero attached hydrogens (tertiary/aromatic N) is 4. The summed E-state index contributed by atoms with van der Waals surface area (Å²) < 4.78 is 20.9. The van der Waals surface area contributed by atoms with Crippen LogP contribution in [0.5, 0.6) is 0 Å². The number of hydrogen-bond acceptors (Lipinski definition) is 7. The number of ether oxygens (including phenoxy) is 3. The van der Waals surface area contributed by atoms with E-state index < -0.39 is 30.3 Å². The van der Waals surface area contributed by atoms with Crippen LogP contribution in [0.2, 0.25) is 0 Å². The molecule has 9 heteroatoms. The van der Waals surface area contributed by atoms with Gasteiger partial charge >= 0.3 is 0 Å². The standard InChI is InChI=1S/C20H22N4O5/c1-20(2)28-15-13(9-25)27-19(16(15)29-20)24-11-22-17-14(18(24)26)21-10-23(17)8-12-6-4-3-5-7-12/h3-7,10-11,13,15-16,19,25H,8-9H2,1-2H3/t13-,15-,16-,19+/m1/s1. The van der Waals surface area contributed by atoms with Gasteiger partial charge in [-0.3, -0.25) is 9.36 Å². The molecule has 0 spiro atoms. The molecule has 1 N–H and O–H groups in total. The number of aliphatic hydroxyl groups is 1. The zero-order valence-corrected chi connectivity index (χ0v) is 16.1. The fourth-order valence-electron chi connectivity index (χ4n) is 4.06. The second-order valence-corrected chi connectivity index (χ2v) is 7.80. The molecule has 0 aliphatic carbocycles. The molecule has 2 aliphatic rings. The van der Waals surface area contributed by atoms with Crippen LogP contribution >= 0.6 is 0 Å². The summed E-state index contributed by atoms with van der Waals surface area (Å²) in [5, 5.41) is 9.65. The van der Waals surface area contributed by atoms with E-state index in [1.54, 1.807) is 20.2 Å². The van der Waals surface area contributed by atoms with Crippen LogP contribution in [0.3, 0.4) is 0 Å². The topological polar surface area (TPSA) is 101 Å². The number of imidazole rings is 1. The highest BCUT2D eigenvalue weighted by atomic mass is 16.8. The van der Waals surface area contributed by atoms with E-state index in [1.165, 1.54) is 10.9 Å². The van der Waals surface area contributed by atoms with E-state index >= 15 is 0 Å². The van der Waals surface area contributed by atoms with Crippen molar-refractivity contribution in [2.75, 3.05) is 6.61 Å². The Morgan fingerprint density at radius 3 is 2.62 bits per heavy atom. The van der Waals surface area contributed by atoms with Gasteiger partial charge in [-0.05, 0) is 19.4 Å². The van der Waals surface area contributed by atoms with Gasteiger partial charge in [0, 0.05) is 0 Å². The maximum atomic E-state index is 13.1. The predicted octanol–water partition coefficient (Wildman–Crippen LogP) is 1.05. The first-order valence-corrected chi connectivity index (χ1v) is 9.55. The molecule has 29 heavy (non-hydrogen) atoms. The van der Waals surface area contributed by atoms with Crippen LogP contribution in [0, 0.1) is 0 Å². The maximum Gasteiger partial charge on any atom is 0.283 e. The Hall–Kier alpha value is -2.59. The molecule has 2 saturated heterocycles. The molecular weight excluding hydrogens is 376 g/mol. The van der Waals surface area contributed by atoms with Crippen molar-refractivity contribution >= 4 is 11.2 Å². The van der Waals surface area contributed by atoms with Crippen molar-refractivity contribution in [1.29, 1.82) is 0 Å². The summed E-state index contributed by atoms with van der Waals surface area (Å²) >= 11 is 0. The fraction of sp³-hybridized carbons (Fsp3) is 0.450. The molecule has 2 aliphatic heterocycles. The van der Waals surface area contributed by atoms with Crippen LogP contribution in [-0.2, 0) is 20.8 Å². The van der Waals surface area contributed by atoms with Gasteiger partial charge in [0.2, 0.25) is 0 Å². The van der Waals surface area contributed by atoms with E-state index in [0.717, 1.165) is 5.56 Å². The van der Waals surface area contributed by atoms with Crippen molar-refractivity contribution in [3.8, 4) is 0 Å². The molecular formula is C20H22N4O5. The fourth-order valence-corrected chi connectivity index (χ4v) is 4.06. The molecule has 2 fully saturated rings. The Kier molecular flexibility index (Phi) is 4.28. The first-order valence-electron chi connectivity index (χ1n) is 9.55. The van der Waals surface area contributed by atoms with E-state index in [9.17, 15) is 9.90 Å². The van der Waals surface area contributed by atoms with Gasteiger partial charge in [-0.15, -0.1) is 0 Å². The van der Waals surface area contributed by atoms with Gasteiger partial charge in [-0.1, -0.05) is 30.3 Å². The second kappa shape index (κ2) is 6.74. The Morgan fingerprint density at radius 2 is 1.86 bits per heavy atom. The molecule has 152 valence electrons. The van der Waals surface area contributed by atoms with E-state index in [4.69, 9.17) is 14.2 Å². The molecule has 9 nitrogen and oxygen atoms in total. The third kappa shape index (κ3) is 3.06. The monoisotopic (exact) mass is 398 g/mol. The largest absolute Gasteiger partial charge is 0.394 e. The van der Waals surface area contributed by atoms with Gasteiger partial charge in [-0.2, -0.15) is 0 Å². The Balaban J connectivity index is 1.50. The Morgan fingerprint density at radius 1 is 1.10 bits per heavy atom. The SMILES string of the molecule is CC1(C)O[C@@H]2[C@H](O1)[C@@H](CO)O[C@@H]2n1cnc2c(ncn2Cc2ccccc2)c1=O. The lowest BCUT2D eigenvalue weighted by Gasteiger charge is -2.24. The lowest BCUT2D eigenvalue weighted by molar-refractivity contribution is -0.200. The number of aliphatic hydroxyl groups excluding tert-OH is 1. The molecule has 1 aromatic carbocycles. The van der Waals surface area contributed by atoms with Gasteiger partial charge in [-0.25, -0.2) is 9.97 Å². The highest BCUT2D eigenvalue weighted by molar-refractivity contribution is 5.69. The lowest BCUT2D eigenvalue weighted by atomic mass is 10.1. The molecule has 0 bridgehead atoms. The minimum Gasteiger partial charge on any atom is -0.394 e. The van der Waals surface area contributed by atoms with E-state index in [-0.39, 0.29) is 17.7 Å². The average molecular weight is 398 g/mol. The number of fused-ring (bicyclic) bond motifs is 2. The Bertz CT molecular complexity index is 1090. The third-order valence-corrected chi connectivity index (χ3v) is 5.33. The van der Waals surface area contributed by atoms with Crippen LogP contribution in [0.4, 0.5) is 0 Å². The molecule has 2 aromatic heterocycles. The van der Waals surface area contributed by atoms with Crippen molar-refractivity contribution in [2.24, 2.45) is 0 Å². The van der Waals surface area contributed by atoms with Crippen LogP contribution < -0.4 is 5.56 Å². The molecule has 4 atom stereocenters. The normalized spacial score (nSPS) is 28.1. The summed E-state index contributed by atoms with van der Waals surface area (Å²) in [5.74, 6) is -0.816. The van der Waals surface area contributed by atoms with Crippen molar-refractivity contribution in [3.05, 3.63) is 58.9 Å². The molecule has 0 radical (unpaired) electrons. The minimum atomic E-state index is -0.816. The zero-order chi connectivity index (χ0) is 20.2. The van der Waals surface area contributed by atoms with E-state index in [1.807, 2.05) is 34.9 Å². The van der Waals surface area contributed by atoms with Crippen LogP contribution in [-0.4, -0.2) is 54.9 Å². The van der Waals surface area contributed by atoms with Crippen LogP contribution in [0.15, 0.2) is 47.8 Å². The van der Waals surface area contributed by atoms with Gasteiger partial charge in [0.05, 0.1) is 19.5 Å². The Labute approximate surface area is 166 Å². The highest BCUT2D eigenvalue weighted by Crippen LogP contribution is 2.42. The second-order valence-electron chi connectivity index (χ2n) is 7.80. The highest BCUT2D eigenvalue weighted by Gasteiger charge is 2.56. The average Bonchev–Trinajstić information content (AvgIpc) is 3.34. The van der Waals surface area contributed by atoms with Crippen molar-refractivity contribution in [1.82, 2.24) is 19.1 Å². The van der Waals surface area contributed by atoms with E-state index in [0.29, 0.717) is 12.2 Å². The summed E-state index contributed by atoms with van der Waals surface area (Å²) in [6.07, 6.45) is 0.754. The van der Waals surface area contributed by atoms with Crippen LogP contribution in [0.25, 0.3) is 11.2 Å². The molecule has 5 rings (SSSR count). The van der Waals surface area contributed by atoms with Crippen molar-refractivity contribution < 1.29 is 19.3 Å². The van der Waals surface area contributed by atoms with E-state index in [2.05, 4.69) is 9.97 Å². The predicted molar refractivity (Wildman–Crippen MR) is 102 cm³/mol. The summed E-state index contributed by atoms with van der Waals surface area (Å²) in [7, 11) is 0. The maximum absolute atomic E-state index is 13.1. The van der Waals surface area contributed by atoms with Gasteiger partial charge in [0.1, 0.15) is 24.6 Å². The summed E-state index contributed by atoms with van der Waals surface area (Å²) in [5.41, 5.74) is 1.53. The molecule has 0 amide bonds. The number of benzene rings is 1. The number of hydrogen-bond donors (Lipinski definition) is 1. The molecule has 4 heterocycles. The van der Waals surface area contributed by atoms with Gasteiger partial charge < -0.3 is 23.9 Å². The summed E-state index contributed by atoms with van der Waals surface area (Å²) in [4.78, 5) is 21.9. The molecule has 3 aromatic rings. The van der Waals surface area contributed by atoms with Crippen molar-refractivity contribution in [3.63, 3.8) is 0 Å². The lowest BCUT2D eigenvalue weighted by Crippen LogP contribution is -2.34. The molecule has 0 saturated carbocycles. The van der Waals surface area contributed by atoms with Gasteiger partial charge in [0.15, 0.2) is 23.2 Å². The molecule has 0 unspecified atom stereocenters. The first-order chi connectivity index (χ1) is 14.0. The third-order valence-electron chi connectivity index (χ3n) is 5.33. The first kappa shape index (κ1) is 18.4. The van der Waals surface area contributed by atoms with Gasteiger partial charge in [0.25, 0.3) is 5.56 Å². The quantitative estimate of drug-likeness (QED) is 0.701. The number of rotatable bonds is 4. The minimum absolute atomic E-state index is 0.229. The summed E-state index contributed by atoms with van der Waals surface area (Å²) in [6.45, 7) is 3.93. The van der Waals surface area contributed by atoms with Crippen LogP contribution in [0.1, 0.15) is 25.6 Å². The van der Waals surface area contributed by atoms with Crippen molar-refractivity contribution in [2.45, 2.75) is 50.7 Å². The number of aromatic nitrogens is 4. The summed E-state index contributed by atoms with van der Waals surface area (Å²) in [6, 6.07) is 9.90. The smallest absolute Gasteiger partial charge is 0.283 e.